The molecule has 1 aromatic heterocycles. The molecule has 0 saturated carbocycles. The quantitative estimate of drug-likeness (QED) is 0.693. The third kappa shape index (κ3) is 4.53. The molecule has 0 bridgehead atoms. The molecule has 1 amide bonds. The van der Waals surface area contributed by atoms with Crippen molar-refractivity contribution in [1.29, 1.82) is 0 Å². The fourth-order valence-electron chi connectivity index (χ4n) is 3.57. The molecule has 2 aromatic carbocycles. The summed E-state index contributed by atoms with van der Waals surface area (Å²) in [4.78, 5) is 17.3. The number of nitrogens with zero attached hydrogens (tertiary/aromatic N) is 2. The van der Waals surface area contributed by atoms with Crippen LogP contribution in [-0.2, 0) is 24.3 Å². The van der Waals surface area contributed by atoms with Crippen LogP contribution >= 0.6 is 0 Å². The summed E-state index contributed by atoms with van der Waals surface area (Å²) >= 11 is 0. The Hall–Kier alpha value is -3.02. The van der Waals surface area contributed by atoms with E-state index in [0.29, 0.717) is 37.8 Å². The van der Waals surface area contributed by atoms with E-state index in [9.17, 15) is 4.79 Å². The largest absolute Gasteiger partial charge is 0.490 e. The summed E-state index contributed by atoms with van der Waals surface area (Å²) in [5.41, 5.74) is 2.97. The number of hydrogen-bond acceptors (Lipinski definition) is 4. The number of nitrogens with one attached hydrogen (secondary N) is 1. The molecule has 152 valence electrons. The number of amides is 1. The van der Waals surface area contributed by atoms with Crippen molar-refractivity contribution in [1.82, 2.24) is 14.9 Å². The van der Waals surface area contributed by atoms with Crippen molar-refractivity contribution >= 4 is 16.9 Å². The topological polar surface area (TPSA) is 65.4 Å². The maximum Gasteiger partial charge on any atom is 0.224 e. The second-order valence-corrected chi connectivity index (χ2v) is 7.81. The fourth-order valence-corrected chi connectivity index (χ4v) is 3.57. The molecule has 0 spiro atoms. The summed E-state index contributed by atoms with van der Waals surface area (Å²) in [6.07, 6.45) is 1.16. The van der Waals surface area contributed by atoms with Gasteiger partial charge in [-0.15, -0.1) is 0 Å². The Bertz CT molecular complexity index is 1010. The number of ether oxygens (including phenoxy) is 2. The summed E-state index contributed by atoms with van der Waals surface area (Å²) in [5.74, 6) is 2.79. The third-order valence-corrected chi connectivity index (χ3v) is 4.90. The zero-order chi connectivity index (χ0) is 20.2. The zero-order valence-electron chi connectivity index (χ0n) is 17.0. The van der Waals surface area contributed by atoms with Crippen LogP contribution < -0.4 is 14.8 Å². The third-order valence-electron chi connectivity index (χ3n) is 4.90. The van der Waals surface area contributed by atoms with Crippen LogP contribution in [0.15, 0.2) is 42.5 Å². The van der Waals surface area contributed by atoms with Gasteiger partial charge in [0.25, 0.3) is 0 Å². The van der Waals surface area contributed by atoms with Gasteiger partial charge < -0.3 is 19.4 Å². The van der Waals surface area contributed by atoms with Crippen molar-refractivity contribution in [3.8, 4) is 11.5 Å². The minimum Gasteiger partial charge on any atom is -0.490 e. The van der Waals surface area contributed by atoms with Gasteiger partial charge in [0.05, 0.1) is 37.2 Å². The molecule has 1 aliphatic heterocycles. The number of hydrogen-bond donors (Lipinski definition) is 1. The van der Waals surface area contributed by atoms with Crippen LogP contribution in [0, 0.1) is 5.92 Å². The van der Waals surface area contributed by atoms with Gasteiger partial charge in [0.1, 0.15) is 5.82 Å². The van der Waals surface area contributed by atoms with Crippen LogP contribution in [0.5, 0.6) is 11.5 Å². The Morgan fingerprint density at radius 3 is 2.76 bits per heavy atom. The van der Waals surface area contributed by atoms with E-state index >= 15 is 0 Å². The smallest absolute Gasteiger partial charge is 0.224 e. The maximum absolute atomic E-state index is 12.6. The van der Waals surface area contributed by atoms with Crippen molar-refractivity contribution < 1.29 is 14.3 Å². The molecule has 1 N–H and O–H groups in total. The highest BCUT2D eigenvalue weighted by molar-refractivity contribution is 5.79. The standard InChI is InChI=1S/C23H27N3O3/c1-16(2)15-26-19-7-4-3-6-18(19)25-22(26)14-24-23(27)13-17-8-9-20-21(12-17)29-11-5-10-28-20/h3-4,6-9,12,16H,5,10-11,13-15H2,1-2H3,(H,24,27). The molecule has 29 heavy (non-hydrogen) atoms. The maximum atomic E-state index is 12.6. The Kier molecular flexibility index (Phi) is 5.69. The molecule has 0 aliphatic carbocycles. The van der Waals surface area contributed by atoms with Crippen LogP contribution in [0.25, 0.3) is 11.0 Å². The zero-order valence-corrected chi connectivity index (χ0v) is 17.0. The average Bonchev–Trinajstić information content (AvgIpc) is 2.87. The van der Waals surface area contributed by atoms with Gasteiger partial charge in [-0.25, -0.2) is 4.98 Å². The first-order valence-corrected chi connectivity index (χ1v) is 10.2. The van der Waals surface area contributed by atoms with Crippen LogP contribution in [0.1, 0.15) is 31.7 Å². The lowest BCUT2D eigenvalue weighted by Gasteiger charge is -2.13. The minimum atomic E-state index is -0.0392. The molecule has 6 nitrogen and oxygen atoms in total. The van der Waals surface area contributed by atoms with Gasteiger partial charge in [0, 0.05) is 13.0 Å². The molecule has 3 aromatic rings. The number of carbonyl (C=O) groups excluding carboxylic acids is 1. The molecule has 0 unspecified atom stereocenters. The number of rotatable bonds is 6. The SMILES string of the molecule is CC(C)Cn1c(CNC(=O)Cc2ccc3c(c2)OCCCO3)nc2ccccc21. The van der Waals surface area contributed by atoms with E-state index < -0.39 is 0 Å². The van der Waals surface area contributed by atoms with E-state index in [1.165, 1.54) is 0 Å². The molecule has 4 rings (SSSR count). The van der Waals surface area contributed by atoms with Crippen LogP contribution in [0.3, 0.4) is 0 Å². The van der Waals surface area contributed by atoms with Gasteiger partial charge in [-0.3, -0.25) is 4.79 Å². The predicted molar refractivity (Wildman–Crippen MR) is 112 cm³/mol. The summed E-state index contributed by atoms with van der Waals surface area (Å²) in [5, 5.41) is 3.02. The Balaban J connectivity index is 1.44. The normalized spacial score (nSPS) is 13.5. The number of fused-ring (bicyclic) bond motifs is 2. The molecule has 6 heteroatoms. The molecule has 0 atom stereocenters. The van der Waals surface area contributed by atoms with Gasteiger partial charge in [-0.05, 0) is 35.7 Å². The van der Waals surface area contributed by atoms with E-state index in [0.717, 1.165) is 41.1 Å². The number of carbonyl (C=O) groups is 1. The molecule has 0 radical (unpaired) electrons. The molecule has 2 heterocycles. The Morgan fingerprint density at radius 2 is 1.93 bits per heavy atom. The number of imidazole rings is 1. The van der Waals surface area contributed by atoms with Crippen molar-refractivity contribution in [3.63, 3.8) is 0 Å². The molecular formula is C23H27N3O3. The van der Waals surface area contributed by atoms with Gasteiger partial charge in [0.15, 0.2) is 11.5 Å². The number of para-hydroxylation sites is 2. The van der Waals surface area contributed by atoms with Crippen LogP contribution in [-0.4, -0.2) is 28.7 Å². The van der Waals surface area contributed by atoms with Crippen molar-refractivity contribution in [2.24, 2.45) is 5.92 Å². The summed E-state index contributed by atoms with van der Waals surface area (Å²) in [6, 6.07) is 13.8. The predicted octanol–water partition coefficient (Wildman–Crippen LogP) is 3.71. The minimum absolute atomic E-state index is 0.0392. The average molecular weight is 393 g/mol. The second kappa shape index (κ2) is 8.55. The van der Waals surface area contributed by atoms with E-state index in [4.69, 9.17) is 14.5 Å². The highest BCUT2D eigenvalue weighted by atomic mass is 16.5. The Labute approximate surface area is 170 Å². The molecule has 0 fully saturated rings. The monoisotopic (exact) mass is 393 g/mol. The number of benzene rings is 2. The number of aromatic nitrogens is 2. The summed E-state index contributed by atoms with van der Waals surface area (Å²) in [6.45, 7) is 6.93. The summed E-state index contributed by atoms with van der Waals surface area (Å²) in [7, 11) is 0. The van der Waals surface area contributed by atoms with Crippen molar-refractivity contribution in [3.05, 3.63) is 53.9 Å². The van der Waals surface area contributed by atoms with Crippen molar-refractivity contribution in [2.75, 3.05) is 13.2 Å². The van der Waals surface area contributed by atoms with E-state index in [1.807, 2.05) is 36.4 Å². The molecular weight excluding hydrogens is 366 g/mol. The summed E-state index contributed by atoms with van der Waals surface area (Å²) < 4.78 is 13.6. The highest BCUT2D eigenvalue weighted by Crippen LogP contribution is 2.30. The highest BCUT2D eigenvalue weighted by Gasteiger charge is 2.15. The van der Waals surface area contributed by atoms with E-state index in [2.05, 4.69) is 29.8 Å². The molecule has 1 aliphatic rings. The first-order chi connectivity index (χ1) is 14.1. The first-order valence-electron chi connectivity index (χ1n) is 10.2. The lowest BCUT2D eigenvalue weighted by molar-refractivity contribution is -0.120. The fraction of sp³-hybridized carbons (Fsp3) is 0.391. The van der Waals surface area contributed by atoms with Gasteiger partial charge in [-0.1, -0.05) is 32.0 Å². The second-order valence-electron chi connectivity index (χ2n) is 7.81. The first kappa shape index (κ1) is 19.3. The van der Waals surface area contributed by atoms with Gasteiger partial charge in [-0.2, -0.15) is 0 Å². The van der Waals surface area contributed by atoms with E-state index in [1.54, 1.807) is 0 Å². The molecule has 0 saturated heterocycles. The van der Waals surface area contributed by atoms with Gasteiger partial charge in [0.2, 0.25) is 5.91 Å². The lowest BCUT2D eigenvalue weighted by atomic mass is 10.1. The van der Waals surface area contributed by atoms with Crippen LogP contribution in [0.4, 0.5) is 0 Å². The van der Waals surface area contributed by atoms with Crippen molar-refractivity contribution in [2.45, 2.75) is 39.8 Å². The van der Waals surface area contributed by atoms with Gasteiger partial charge >= 0.3 is 0 Å². The van der Waals surface area contributed by atoms with E-state index in [-0.39, 0.29) is 5.91 Å². The lowest BCUT2D eigenvalue weighted by Crippen LogP contribution is -2.26. The Morgan fingerprint density at radius 1 is 1.14 bits per heavy atom. The van der Waals surface area contributed by atoms with Crippen LogP contribution in [0.2, 0.25) is 0 Å².